The summed E-state index contributed by atoms with van der Waals surface area (Å²) in [5.74, 6) is -1.27. The van der Waals surface area contributed by atoms with Gasteiger partial charge in [-0.3, -0.25) is 15.0 Å². The molecule has 11 heteroatoms. The van der Waals surface area contributed by atoms with Crippen LogP contribution in [0.25, 0.3) is 0 Å². The molecule has 0 radical (unpaired) electrons. The van der Waals surface area contributed by atoms with Gasteiger partial charge in [-0.05, 0) is 6.07 Å². The molecular weight excluding hydrogens is 443 g/mol. The lowest BCUT2D eigenvalue weighted by atomic mass is 10.1. The van der Waals surface area contributed by atoms with Crippen LogP contribution in [0.15, 0.2) is 12.1 Å². The Morgan fingerprint density at radius 3 is 2.20 bits per heavy atom. The molecule has 1 amide bonds. The Bertz CT molecular complexity index is 719. The van der Waals surface area contributed by atoms with Crippen molar-refractivity contribution in [3.63, 3.8) is 0 Å². The van der Waals surface area contributed by atoms with Crippen LogP contribution in [0.1, 0.15) is 12.0 Å². The number of alkyl halides is 2. The van der Waals surface area contributed by atoms with E-state index in [0.29, 0.717) is 50.0 Å². The Labute approximate surface area is 187 Å². The molecule has 2 fully saturated rings. The highest BCUT2D eigenvalue weighted by atomic mass is 35.5. The molecule has 1 N–H and O–H groups in total. The molecule has 1 aromatic rings. The van der Waals surface area contributed by atoms with E-state index in [1.165, 1.54) is 0 Å². The molecule has 1 atom stereocenters. The van der Waals surface area contributed by atoms with E-state index < -0.39 is 24.9 Å². The molecule has 0 spiro atoms. The molecule has 0 aliphatic carbocycles. The second-order valence-electron chi connectivity index (χ2n) is 7.09. The van der Waals surface area contributed by atoms with Crippen LogP contribution in [0.2, 0.25) is 0 Å². The minimum absolute atomic E-state index is 0. The zero-order chi connectivity index (χ0) is 20.3. The summed E-state index contributed by atoms with van der Waals surface area (Å²) in [4.78, 5) is 16.3. The van der Waals surface area contributed by atoms with E-state index in [4.69, 9.17) is 14.2 Å². The third-order valence-corrected chi connectivity index (χ3v) is 5.27. The van der Waals surface area contributed by atoms with Crippen molar-refractivity contribution in [3.8, 4) is 17.2 Å². The second-order valence-corrected chi connectivity index (χ2v) is 7.09. The lowest BCUT2D eigenvalue weighted by molar-refractivity contribution is -0.135. The minimum Gasteiger partial charge on any atom is -0.493 e. The van der Waals surface area contributed by atoms with E-state index in [2.05, 4.69) is 10.2 Å². The summed E-state index contributed by atoms with van der Waals surface area (Å²) < 4.78 is 42.9. The fourth-order valence-corrected chi connectivity index (χ4v) is 3.77. The Kier molecular flexibility index (Phi) is 9.87. The van der Waals surface area contributed by atoms with Crippen molar-refractivity contribution in [1.29, 1.82) is 0 Å². The first kappa shape index (κ1) is 26.5. The van der Waals surface area contributed by atoms with Crippen molar-refractivity contribution in [1.82, 2.24) is 15.1 Å². The monoisotopic (exact) mass is 471 g/mol. The van der Waals surface area contributed by atoms with Gasteiger partial charge in [-0.15, -0.1) is 24.8 Å². The van der Waals surface area contributed by atoms with Crippen LogP contribution in [-0.2, 0) is 11.3 Å². The van der Waals surface area contributed by atoms with Gasteiger partial charge in [-0.25, -0.2) is 8.78 Å². The molecular formula is C19H29Cl2F2N3O4. The van der Waals surface area contributed by atoms with Crippen molar-refractivity contribution < 1.29 is 27.8 Å². The number of benzene rings is 1. The Morgan fingerprint density at radius 2 is 1.70 bits per heavy atom. The van der Waals surface area contributed by atoms with E-state index in [1.54, 1.807) is 26.2 Å². The summed E-state index contributed by atoms with van der Waals surface area (Å²) >= 11 is 0. The number of methoxy groups -OCH3 is 3. The number of halogens is 4. The van der Waals surface area contributed by atoms with Gasteiger partial charge in [0.2, 0.25) is 11.7 Å². The predicted molar refractivity (Wildman–Crippen MR) is 114 cm³/mol. The summed E-state index contributed by atoms with van der Waals surface area (Å²) in [7, 11) is 4.72. The van der Waals surface area contributed by atoms with Gasteiger partial charge in [0.25, 0.3) is 5.92 Å². The standard InChI is InChI=1S/C19H27F2N3O4.2ClH/c1-26-15-5-4-13(16(27-2)17(15)28-3)11-23-6-8-24(9-7-23)18(25)14-10-19(20,21)12-22-14;;/h4-5,14,22H,6-12H2,1-3H3;2*1H. The minimum atomic E-state index is -2.80. The first-order valence-corrected chi connectivity index (χ1v) is 9.28. The average molecular weight is 472 g/mol. The maximum atomic E-state index is 13.3. The van der Waals surface area contributed by atoms with E-state index in [1.807, 2.05) is 12.1 Å². The van der Waals surface area contributed by atoms with Crippen LogP contribution in [0, 0.1) is 0 Å². The molecule has 2 saturated heterocycles. The Balaban J connectivity index is 0.00000225. The highest BCUT2D eigenvalue weighted by molar-refractivity contribution is 5.85. The van der Waals surface area contributed by atoms with Gasteiger partial charge in [0.15, 0.2) is 11.5 Å². The maximum Gasteiger partial charge on any atom is 0.262 e. The zero-order valence-electron chi connectivity index (χ0n) is 17.3. The zero-order valence-corrected chi connectivity index (χ0v) is 18.9. The summed E-state index contributed by atoms with van der Waals surface area (Å²) in [6.45, 7) is 2.54. The van der Waals surface area contributed by atoms with Gasteiger partial charge in [-0.1, -0.05) is 6.07 Å². The number of carbonyl (C=O) groups is 1. The largest absolute Gasteiger partial charge is 0.493 e. The molecule has 1 aromatic carbocycles. The van der Waals surface area contributed by atoms with Crippen molar-refractivity contribution >= 4 is 30.7 Å². The average Bonchev–Trinajstić information content (AvgIpc) is 3.07. The summed E-state index contributed by atoms with van der Waals surface area (Å²) in [5.41, 5.74) is 0.956. The Morgan fingerprint density at radius 1 is 1.07 bits per heavy atom. The fourth-order valence-electron chi connectivity index (χ4n) is 3.77. The molecule has 2 heterocycles. The fraction of sp³-hybridized carbons (Fsp3) is 0.632. The van der Waals surface area contributed by atoms with Crippen LogP contribution in [0.4, 0.5) is 8.78 Å². The van der Waals surface area contributed by atoms with Crippen LogP contribution in [-0.4, -0.2) is 81.7 Å². The molecule has 0 bridgehead atoms. The van der Waals surface area contributed by atoms with E-state index in [-0.39, 0.29) is 30.7 Å². The lowest BCUT2D eigenvalue weighted by Gasteiger charge is -2.36. The molecule has 7 nitrogen and oxygen atoms in total. The van der Waals surface area contributed by atoms with E-state index in [0.717, 1.165) is 5.56 Å². The molecule has 1 unspecified atom stereocenters. The third-order valence-electron chi connectivity index (χ3n) is 5.27. The number of hydrogen-bond donors (Lipinski definition) is 1. The second kappa shape index (κ2) is 11.2. The van der Waals surface area contributed by atoms with Gasteiger partial charge in [0, 0.05) is 44.7 Å². The first-order chi connectivity index (χ1) is 13.4. The van der Waals surface area contributed by atoms with Crippen molar-refractivity contribution in [2.75, 3.05) is 54.1 Å². The Hall–Kier alpha value is -1.55. The third kappa shape index (κ3) is 5.78. The summed E-state index contributed by atoms with van der Waals surface area (Å²) in [6.07, 6.45) is -0.422. The summed E-state index contributed by atoms with van der Waals surface area (Å²) in [6, 6.07) is 2.98. The molecule has 2 aliphatic rings. The van der Waals surface area contributed by atoms with Gasteiger partial charge in [0.05, 0.1) is 33.9 Å². The van der Waals surface area contributed by atoms with Gasteiger partial charge >= 0.3 is 0 Å². The van der Waals surface area contributed by atoms with Crippen molar-refractivity contribution in [2.45, 2.75) is 24.9 Å². The number of nitrogens with one attached hydrogen (secondary N) is 1. The summed E-state index contributed by atoms with van der Waals surface area (Å²) in [5, 5.41) is 2.64. The van der Waals surface area contributed by atoms with Crippen molar-refractivity contribution in [3.05, 3.63) is 17.7 Å². The SMILES string of the molecule is COc1ccc(CN2CCN(C(=O)C3CC(F)(F)CN3)CC2)c(OC)c1OC.Cl.Cl. The van der Waals surface area contributed by atoms with Gasteiger partial charge < -0.3 is 19.1 Å². The number of hydrogen-bond acceptors (Lipinski definition) is 6. The number of carbonyl (C=O) groups excluding carboxylic acids is 1. The molecule has 30 heavy (non-hydrogen) atoms. The molecule has 2 aliphatic heterocycles. The number of rotatable bonds is 6. The molecule has 172 valence electrons. The van der Waals surface area contributed by atoms with Crippen LogP contribution >= 0.6 is 24.8 Å². The topological polar surface area (TPSA) is 63.3 Å². The smallest absolute Gasteiger partial charge is 0.262 e. The number of amides is 1. The first-order valence-electron chi connectivity index (χ1n) is 9.28. The highest BCUT2D eigenvalue weighted by Crippen LogP contribution is 2.40. The van der Waals surface area contributed by atoms with Gasteiger partial charge in [-0.2, -0.15) is 0 Å². The van der Waals surface area contributed by atoms with E-state index >= 15 is 0 Å². The predicted octanol–water partition coefficient (Wildman–Crippen LogP) is 2.20. The van der Waals surface area contributed by atoms with Gasteiger partial charge in [0.1, 0.15) is 0 Å². The molecule has 0 aromatic heterocycles. The van der Waals surface area contributed by atoms with Crippen LogP contribution in [0.3, 0.4) is 0 Å². The molecule has 3 rings (SSSR count). The quantitative estimate of drug-likeness (QED) is 0.685. The number of nitrogens with zero attached hydrogens (tertiary/aromatic N) is 2. The van der Waals surface area contributed by atoms with Crippen LogP contribution in [0.5, 0.6) is 17.2 Å². The normalized spacial score (nSPS) is 20.7. The lowest BCUT2D eigenvalue weighted by Crippen LogP contribution is -2.52. The van der Waals surface area contributed by atoms with Crippen LogP contribution < -0.4 is 19.5 Å². The number of ether oxygens (including phenoxy) is 3. The van der Waals surface area contributed by atoms with Crippen molar-refractivity contribution in [2.24, 2.45) is 0 Å². The van der Waals surface area contributed by atoms with E-state index in [9.17, 15) is 13.6 Å². The number of piperazine rings is 1. The highest BCUT2D eigenvalue weighted by Gasteiger charge is 2.43. The molecule has 0 saturated carbocycles. The maximum absolute atomic E-state index is 13.3.